The molecule has 0 fully saturated rings. The van der Waals surface area contributed by atoms with Gasteiger partial charge in [0.15, 0.2) is 96.2 Å². The van der Waals surface area contributed by atoms with Crippen LogP contribution in [0.3, 0.4) is 0 Å². The summed E-state index contributed by atoms with van der Waals surface area (Å²) >= 11 is 12.6. The smallest absolute Gasteiger partial charge is 0.360 e. The van der Waals surface area contributed by atoms with Crippen LogP contribution < -0.4 is 80.4 Å². The van der Waals surface area contributed by atoms with Gasteiger partial charge in [-0.2, -0.15) is 41.2 Å². The van der Waals surface area contributed by atoms with E-state index < -0.39 is 34.8 Å². The van der Waals surface area contributed by atoms with Crippen LogP contribution in [0.25, 0.3) is 28.4 Å². The van der Waals surface area contributed by atoms with Crippen molar-refractivity contribution in [2.24, 2.45) is 61.4 Å². The molecule has 13 atom stereocenters. The highest BCUT2D eigenvalue weighted by molar-refractivity contribution is 6.32. The fourth-order valence-corrected chi connectivity index (χ4v) is 17.5. The first-order valence-corrected chi connectivity index (χ1v) is 42.8. The van der Waals surface area contributed by atoms with E-state index in [9.17, 15) is 37.5 Å². The van der Waals surface area contributed by atoms with E-state index in [-0.39, 0.29) is 127 Å². The number of terminal acetylenes is 4. The van der Waals surface area contributed by atoms with E-state index in [2.05, 4.69) is 147 Å². The maximum atomic E-state index is 14.3. The molecule has 0 saturated carbocycles. The minimum Gasteiger partial charge on any atom is -0.479 e. The normalized spacial score (nSPS) is 21.0. The summed E-state index contributed by atoms with van der Waals surface area (Å²) in [4.78, 5) is 95.6. The summed E-state index contributed by atoms with van der Waals surface area (Å²) in [6.45, 7) is 1.48. The number of benzene rings is 5. The second kappa shape index (κ2) is 38.2. The molecule has 5 aromatic carbocycles. The minimum absolute atomic E-state index is 0.00293. The highest BCUT2D eigenvalue weighted by atomic mass is 35.5. The number of aryl methyl sites for hydroxylation is 1. The number of imidazole rings is 6. The Kier molecular flexibility index (Phi) is 24.9. The van der Waals surface area contributed by atoms with E-state index in [1.165, 1.54) is 32.1 Å². The fourth-order valence-electron chi connectivity index (χ4n) is 17.0. The average molecular weight is 1870 g/mol. The highest BCUT2D eigenvalue weighted by Gasteiger charge is 2.42. The van der Waals surface area contributed by atoms with E-state index >= 15 is 0 Å². The molecule has 136 heavy (non-hydrogen) atoms. The average Bonchev–Trinajstić information content (AvgIpc) is 1.60. The number of para-hydroxylation sites is 1. The molecule has 23 rings (SSSR count). The summed E-state index contributed by atoms with van der Waals surface area (Å²) in [5, 5.41) is 86.0. The van der Waals surface area contributed by atoms with Gasteiger partial charge in [-0.25, -0.2) is 37.5 Å². The predicted octanol–water partition coefficient (Wildman–Crippen LogP) is 11.9. The summed E-state index contributed by atoms with van der Waals surface area (Å²) in [6, 6.07) is 30.9. The van der Waals surface area contributed by atoms with Gasteiger partial charge in [0.2, 0.25) is 0 Å². The number of hydrogen-bond acceptors (Lipinski definition) is 29. The molecule has 0 radical (unpaired) electrons. The highest BCUT2D eigenvalue weighted by Crippen LogP contribution is 2.45. The molecule has 6 aromatic heterocycles. The predicted molar refractivity (Wildman–Crippen MR) is 491 cm³/mol. The molecule has 12 aliphatic rings. The van der Waals surface area contributed by atoms with Gasteiger partial charge in [-0.1, -0.05) is 102 Å². The van der Waals surface area contributed by atoms with Crippen molar-refractivity contribution in [2.45, 2.75) is 118 Å². The fraction of sp³-hybridized carbons (Fsp3) is 0.231. The maximum Gasteiger partial charge on any atom is 0.360 e. The molecular weight excluding hydrogens is 1790 g/mol. The lowest BCUT2D eigenvalue weighted by molar-refractivity contribution is 0.0677. The van der Waals surface area contributed by atoms with Crippen LogP contribution in [0.2, 0.25) is 10.0 Å². The van der Waals surface area contributed by atoms with E-state index in [1.54, 1.807) is 87.8 Å². The Morgan fingerprint density at radius 2 is 0.816 bits per heavy atom. The van der Waals surface area contributed by atoms with Crippen LogP contribution in [-0.4, -0.2) is 114 Å². The monoisotopic (exact) mass is 1870 g/mol. The van der Waals surface area contributed by atoms with E-state index in [1.807, 2.05) is 97.5 Å². The van der Waals surface area contributed by atoms with Crippen LogP contribution in [0.4, 0.5) is 43.7 Å². The van der Waals surface area contributed by atoms with E-state index in [4.69, 9.17) is 73.7 Å². The number of halogens is 4. The zero-order valence-electron chi connectivity index (χ0n) is 71.1. The molecule has 0 amide bonds. The Labute approximate surface area is 776 Å². The van der Waals surface area contributed by atoms with Gasteiger partial charge in [-0.3, -0.25) is 52.7 Å². The first-order chi connectivity index (χ1) is 66.3. The van der Waals surface area contributed by atoms with Crippen LogP contribution in [0.5, 0.6) is 11.5 Å². The third-order valence-corrected chi connectivity index (χ3v) is 23.7. The Balaban J connectivity index is 0.000000109. The molecular formula is C91H74Cl2F2N32O9. The number of H-pyrrole nitrogens is 6. The summed E-state index contributed by atoms with van der Waals surface area (Å²) in [7, 11) is 0. The standard InChI is InChI=1S/C17H14ClN5O.C16H12ClN5O2.C16H13FN6O.C16H13N5O.C15H11FN6O2.C11H11N5O2/c1-2-3-4-10-5-6-11(9-13(10)18)23-14-12-7-8-19-15(12)21-22-16(14)20-17(23)24;1-2-7-24-12-4-3-9(8-11(12)17)22-13-10-5-6-18-14(10)20-21-15(13)19-16(22)23;17-11-4-1-5-12(9(11)3-2-7-18)23-13-10-6-8-19-14(10)21-22-15(13)20-16(23)24;1-2-3-10-4-6-11(7-5-10)21-13-12-8-9-17-14(12)19-20-15(13)18-16(21)22;16-9-2-1-3-10(12(9)24-7-5-17)22-11-8-4-6-18-13(8)20-21-14(11)19-15(22)23;1-3-6(2)18-16-8-7-4-5-12-9(7)14-15-10(8)13-11(16)17/h1,5-9,12,15,19H,3-4H2,(H,20,24);1,3-6,8,10,14,18H,7H2,(H,19,23);1,4-6,8,10,14,19H,2-3H2,(H,20,24);1,4-9,12,14,17H,3H2,(H,18,22);1-4,6,8,13,18H,7H2,(H,19,23);1,4-7,9,12H,2H3,(H,13,17). The number of nitrogens with zero attached hydrogens (tertiary/aromatic N) is 20. The lowest BCUT2D eigenvalue weighted by Crippen LogP contribution is -2.34. The zero-order chi connectivity index (χ0) is 94.5. The molecule has 0 saturated heterocycles. The minimum atomic E-state index is -0.654. The van der Waals surface area contributed by atoms with E-state index in [0.717, 1.165) is 33.9 Å². The topological polar surface area (TPSA) is 523 Å². The molecule has 680 valence electrons. The molecule has 0 bridgehead atoms. The number of nitriles is 2. The van der Waals surface area contributed by atoms with Crippen molar-refractivity contribution >= 4 is 58.1 Å². The number of aromatic nitrogens is 12. The van der Waals surface area contributed by atoms with Gasteiger partial charge in [0.1, 0.15) is 29.9 Å². The van der Waals surface area contributed by atoms with Crippen molar-refractivity contribution in [3.05, 3.63) is 306 Å². The van der Waals surface area contributed by atoms with Gasteiger partial charge in [-0.05, 0) is 135 Å². The molecule has 0 spiro atoms. The summed E-state index contributed by atoms with van der Waals surface area (Å²) < 4.78 is 47.8. The molecule has 12 N–H and O–H groups in total. The van der Waals surface area contributed by atoms with Crippen molar-refractivity contribution in [2.75, 3.05) is 13.2 Å². The van der Waals surface area contributed by atoms with Gasteiger partial charge >= 0.3 is 34.1 Å². The van der Waals surface area contributed by atoms with Crippen molar-refractivity contribution in [3.8, 4) is 101 Å². The van der Waals surface area contributed by atoms with Gasteiger partial charge in [-0.15, -0.1) is 73.0 Å². The van der Waals surface area contributed by atoms with E-state index in [0.29, 0.717) is 110 Å². The number of hydrogen-bond donors (Lipinski definition) is 12. The van der Waals surface area contributed by atoms with Crippen LogP contribution >= 0.6 is 23.2 Å². The second-order valence-electron chi connectivity index (χ2n) is 31.2. The largest absolute Gasteiger partial charge is 0.479 e. The number of aromatic amines is 6. The molecule has 0 aliphatic carbocycles. The maximum absolute atomic E-state index is 14.3. The van der Waals surface area contributed by atoms with Gasteiger partial charge in [0.25, 0.3) is 0 Å². The number of ether oxygens (including phenoxy) is 2. The lowest BCUT2D eigenvalue weighted by atomic mass is 10.0. The first-order valence-electron chi connectivity index (χ1n) is 42.1. The van der Waals surface area contributed by atoms with Crippen LogP contribution in [-0.2, 0) is 19.3 Å². The molecule has 11 aromatic rings. The Hall–Kier alpha value is -17.9. The Morgan fingerprint density at radius 3 is 1.24 bits per heavy atom. The zero-order valence-corrected chi connectivity index (χ0v) is 72.6. The Bertz CT molecular complexity index is 7360. The van der Waals surface area contributed by atoms with Crippen LogP contribution in [0.15, 0.2) is 261 Å². The Morgan fingerprint density at radius 1 is 0.419 bits per heavy atom. The van der Waals surface area contributed by atoms with Gasteiger partial charge < -0.3 is 46.2 Å². The van der Waals surface area contributed by atoms with Crippen LogP contribution in [0.1, 0.15) is 106 Å². The molecule has 13 unspecified atom stereocenters. The van der Waals surface area contributed by atoms with Crippen molar-refractivity contribution in [1.82, 2.24) is 89.4 Å². The molecule has 41 nitrogen and oxygen atoms in total. The molecule has 12 aliphatic heterocycles. The van der Waals surface area contributed by atoms with Crippen molar-refractivity contribution in [3.63, 3.8) is 0 Å². The van der Waals surface area contributed by atoms with Gasteiger partial charge in [0.05, 0.1) is 104 Å². The van der Waals surface area contributed by atoms with Crippen molar-refractivity contribution in [1.29, 1.82) is 10.5 Å². The number of fused-ring (bicyclic) bond motifs is 18. The quantitative estimate of drug-likeness (QED) is 0.0400. The van der Waals surface area contributed by atoms with Gasteiger partial charge in [0, 0.05) is 29.8 Å². The third-order valence-electron chi connectivity index (χ3n) is 23.1. The summed E-state index contributed by atoms with van der Waals surface area (Å²) in [5.41, 5.74) is 7.27. The molecule has 18 heterocycles. The number of azo groups is 6. The summed E-state index contributed by atoms with van der Waals surface area (Å²) in [6.07, 6.45) is 44.0. The number of rotatable bonds is 16. The lowest BCUT2D eigenvalue weighted by Gasteiger charge is -2.21. The van der Waals surface area contributed by atoms with Crippen LogP contribution in [0, 0.1) is 83.7 Å². The second-order valence-corrected chi connectivity index (χ2v) is 32.0. The first kappa shape index (κ1) is 88.7. The SMILES string of the molecule is C#CC(C)On1c2c([nH]c1=O)N=NC1NC=CC21.C#CCCc1ccc(-n2c3c([nH]c2=O)N=NC2NC=CC32)cc1Cl.C#CCOc1ccc(-n2c3c([nH]c2=O)N=NC2NC=CC32)cc1Cl.C#CCc1ccc(-n2c3c([nH]c2=O)N=NC2NC=CC32)cc1.N#CCCc1c(F)cccc1-n1c2c([nH]c1=O)N=NC1NC=CC21.N#CCOc1c(F)cccc1-n1c2c([nH]c1=O)N=NC1NC=CC21. The summed E-state index contributed by atoms with van der Waals surface area (Å²) in [5.74, 6) is 11.2. The molecule has 45 heteroatoms. The number of nitrogens with one attached hydrogen (secondary N) is 12. The third kappa shape index (κ3) is 17.0. The van der Waals surface area contributed by atoms with Crippen molar-refractivity contribution < 1.29 is 23.1 Å².